The molecule has 1 heterocycles. The van der Waals surface area contributed by atoms with Crippen molar-refractivity contribution in [1.29, 1.82) is 0 Å². The average molecular weight is 506 g/mol. The van der Waals surface area contributed by atoms with E-state index in [0.717, 1.165) is 17.7 Å². The van der Waals surface area contributed by atoms with E-state index in [1.54, 1.807) is 19.9 Å². The number of nitrogens with one attached hydrogen (secondary N) is 2. The Kier molecular flexibility index (Phi) is 7.20. The predicted molar refractivity (Wildman–Crippen MR) is 113 cm³/mol. The molecule has 0 aliphatic carbocycles. The molecule has 0 amide bonds. The second kappa shape index (κ2) is 9.57. The average Bonchev–Trinajstić information content (AvgIpc) is 3.14. The molecule has 178 valence electrons. The van der Waals surface area contributed by atoms with Crippen LogP contribution in [0, 0.1) is 19.7 Å². The molecular weight excluding hydrogens is 487 g/mol. The molecule has 8 nitrogen and oxygen atoms in total. The maximum atomic E-state index is 14.8. The highest BCUT2D eigenvalue weighted by atomic mass is 35.5. The van der Waals surface area contributed by atoms with Gasteiger partial charge in [0, 0.05) is 17.0 Å². The highest BCUT2D eigenvalue weighted by Gasteiger charge is 2.34. The summed E-state index contributed by atoms with van der Waals surface area (Å²) in [6.45, 7) is 1.59. The first-order valence-electron chi connectivity index (χ1n) is 9.48. The number of alkyl halides is 2. The van der Waals surface area contributed by atoms with E-state index in [0.29, 0.717) is 5.56 Å². The molecule has 0 aliphatic rings. The number of aromatic nitrogens is 2. The Balaban J connectivity index is 2.11. The molecule has 13 heteroatoms. The molecule has 0 fully saturated rings. The topological polar surface area (TPSA) is 114 Å². The van der Waals surface area contributed by atoms with E-state index in [-0.39, 0.29) is 16.5 Å². The number of sulfonamides is 1. The van der Waals surface area contributed by atoms with E-state index < -0.39 is 50.8 Å². The quantitative estimate of drug-likeness (QED) is 0.474. The molecule has 1 aromatic heterocycles. The smallest absolute Gasteiger partial charge is 0.433 e. The van der Waals surface area contributed by atoms with E-state index in [9.17, 15) is 26.4 Å². The lowest BCUT2D eigenvalue weighted by Crippen LogP contribution is -2.33. The van der Waals surface area contributed by atoms with Crippen LogP contribution in [-0.2, 0) is 10.0 Å². The van der Waals surface area contributed by atoms with Crippen LogP contribution in [0.5, 0.6) is 5.75 Å². The van der Waals surface area contributed by atoms with E-state index in [4.69, 9.17) is 16.0 Å². The van der Waals surface area contributed by atoms with Crippen molar-refractivity contribution >= 4 is 21.6 Å². The minimum Gasteiger partial charge on any atom is -0.433 e. The fraction of sp³-hybridized carbons (Fsp3) is 0.300. The SMILES string of the molecule is Cc1ccc(F)c(C(C)C(NS(=O)(=O)c2ccc(Cl)cc2OC(F)F)c2n[nH]c(=O)o2)c1C. The van der Waals surface area contributed by atoms with Gasteiger partial charge in [-0.3, -0.25) is 0 Å². The minimum atomic E-state index is -4.59. The fourth-order valence-electron chi connectivity index (χ4n) is 3.39. The van der Waals surface area contributed by atoms with Crippen molar-refractivity contribution in [3.8, 4) is 5.75 Å². The van der Waals surface area contributed by atoms with E-state index >= 15 is 0 Å². The largest absolute Gasteiger partial charge is 0.434 e. The molecule has 0 radical (unpaired) electrons. The number of halogens is 4. The number of benzene rings is 2. The van der Waals surface area contributed by atoms with Crippen LogP contribution in [0.2, 0.25) is 5.02 Å². The van der Waals surface area contributed by atoms with Crippen molar-refractivity contribution in [2.75, 3.05) is 0 Å². The van der Waals surface area contributed by atoms with Crippen molar-refractivity contribution in [2.45, 2.75) is 44.2 Å². The van der Waals surface area contributed by atoms with Gasteiger partial charge in [0.25, 0.3) is 0 Å². The van der Waals surface area contributed by atoms with Crippen molar-refractivity contribution < 1.29 is 30.7 Å². The molecule has 0 saturated heterocycles. The summed E-state index contributed by atoms with van der Waals surface area (Å²) in [4.78, 5) is 10.9. The van der Waals surface area contributed by atoms with Gasteiger partial charge in [-0.2, -0.15) is 13.5 Å². The van der Waals surface area contributed by atoms with Gasteiger partial charge in [-0.25, -0.2) is 22.7 Å². The summed E-state index contributed by atoms with van der Waals surface area (Å²) in [6.07, 6.45) is 0. The summed E-state index contributed by atoms with van der Waals surface area (Å²) >= 11 is 5.79. The molecule has 0 aliphatic heterocycles. The second-order valence-electron chi connectivity index (χ2n) is 7.21. The lowest BCUT2D eigenvalue weighted by molar-refractivity contribution is -0.0517. The van der Waals surface area contributed by atoms with E-state index in [1.807, 2.05) is 5.10 Å². The highest BCUT2D eigenvalue weighted by Crippen LogP contribution is 2.36. The van der Waals surface area contributed by atoms with Crippen LogP contribution in [0.15, 0.2) is 44.4 Å². The van der Waals surface area contributed by atoms with Gasteiger partial charge in [0.1, 0.15) is 22.5 Å². The Morgan fingerprint density at radius 3 is 2.52 bits per heavy atom. The Bertz CT molecular complexity index is 1330. The van der Waals surface area contributed by atoms with Crippen LogP contribution in [0.25, 0.3) is 0 Å². The van der Waals surface area contributed by atoms with Crippen molar-refractivity contribution in [2.24, 2.45) is 0 Å². The zero-order chi connectivity index (χ0) is 24.5. The Morgan fingerprint density at radius 1 is 1.21 bits per heavy atom. The molecule has 3 rings (SSSR count). The lowest BCUT2D eigenvalue weighted by atomic mass is 9.88. The van der Waals surface area contributed by atoms with Gasteiger partial charge in [-0.1, -0.05) is 24.6 Å². The van der Waals surface area contributed by atoms with E-state index in [1.165, 1.54) is 19.1 Å². The number of H-pyrrole nitrogens is 1. The van der Waals surface area contributed by atoms with Gasteiger partial charge in [-0.15, -0.1) is 5.10 Å². The number of ether oxygens (including phenoxy) is 1. The van der Waals surface area contributed by atoms with Gasteiger partial charge in [-0.05, 0) is 48.7 Å². The Labute approximate surface area is 191 Å². The van der Waals surface area contributed by atoms with Crippen LogP contribution in [-0.4, -0.2) is 25.2 Å². The minimum absolute atomic E-state index is 0.0368. The van der Waals surface area contributed by atoms with Crippen LogP contribution in [0.4, 0.5) is 13.2 Å². The van der Waals surface area contributed by atoms with Crippen LogP contribution in [0.3, 0.4) is 0 Å². The number of aromatic amines is 1. The van der Waals surface area contributed by atoms with Crippen LogP contribution >= 0.6 is 11.6 Å². The standard InChI is InChI=1S/C20H19ClF3N3O5S/c1-9-4-6-13(22)16(10(9)2)11(3)17(18-25-26-20(28)32-18)27-33(29,30)15-7-5-12(21)8-14(15)31-19(23)24/h4-8,11,17,19,27H,1-3H3,(H,26,28). The first-order chi connectivity index (χ1) is 15.4. The monoisotopic (exact) mass is 505 g/mol. The maximum Gasteiger partial charge on any atom is 0.434 e. The molecule has 33 heavy (non-hydrogen) atoms. The molecule has 3 aromatic rings. The van der Waals surface area contributed by atoms with Crippen molar-refractivity contribution in [3.05, 3.63) is 74.3 Å². The van der Waals surface area contributed by atoms with Crippen LogP contribution in [0.1, 0.15) is 41.5 Å². The summed E-state index contributed by atoms with van der Waals surface area (Å²) < 4.78 is 78.3. The molecule has 0 saturated carbocycles. The molecule has 2 N–H and O–H groups in total. The van der Waals surface area contributed by atoms with Gasteiger partial charge >= 0.3 is 12.4 Å². The molecule has 2 aromatic carbocycles. The number of aryl methyl sites for hydroxylation is 1. The van der Waals surface area contributed by atoms with Gasteiger partial charge in [0.05, 0.1) is 0 Å². The third-order valence-corrected chi connectivity index (χ3v) is 6.82. The number of hydrogen-bond acceptors (Lipinski definition) is 6. The summed E-state index contributed by atoms with van der Waals surface area (Å²) in [5.41, 5.74) is 1.46. The number of rotatable bonds is 8. The predicted octanol–water partition coefficient (Wildman–Crippen LogP) is 4.20. The molecule has 2 unspecified atom stereocenters. The lowest BCUT2D eigenvalue weighted by Gasteiger charge is -2.25. The van der Waals surface area contributed by atoms with Crippen molar-refractivity contribution in [3.63, 3.8) is 0 Å². The van der Waals surface area contributed by atoms with Gasteiger partial charge in [0.2, 0.25) is 15.9 Å². The third-order valence-electron chi connectivity index (χ3n) is 5.10. The third kappa shape index (κ3) is 5.40. The highest BCUT2D eigenvalue weighted by molar-refractivity contribution is 7.89. The summed E-state index contributed by atoms with van der Waals surface area (Å²) in [5, 5.41) is 5.67. The van der Waals surface area contributed by atoms with Crippen molar-refractivity contribution in [1.82, 2.24) is 14.9 Å². The number of hydrogen-bond donors (Lipinski definition) is 2. The Hall–Kier alpha value is -2.83. The normalized spacial score (nSPS) is 13.8. The first kappa shape index (κ1) is 24.8. The molecule has 0 spiro atoms. The van der Waals surface area contributed by atoms with Gasteiger partial charge < -0.3 is 9.15 Å². The van der Waals surface area contributed by atoms with E-state index in [2.05, 4.69) is 14.6 Å². The maximum absolute atomic E-state index is 14.8. The second-order valence-corrected chi connectivity index (χ2v) is 9.33. The van der Waals surface area contributed by atoms with Crippen LogP contribution < -0.4 is 15.2 Å². The molecule has 0 bridgehead atoms. The fourth-order valence-corrected chi connectivity index (χ4v) is 4.94. The number of nitrogens with zero attached hydrogens (tertiary/aromatic N) is 1. The molecule has 2 atom stereocenters. The molecular formula is C20H19ClF3N3O5S. The zero-order valence-electron chi connectivity index (χ0n) is 17.5. The zero-order valence-corrected chi connectivity index (χ0v) is 19.1. The summed E-state index contributed by atoms with van der Waals surface area (Å²) in [7, 11) is -4.59. The summed E-state index contributed by atoms with van der Waals surface area (Å²) in [6, 6.07) is 4.47. The summed E-state index contributed by atoms with van der Waals surface area (Å²) in [5.74, 6) is -3.57. The Morgan fingerprint density at radius 2 is 1.91 bits per heavy atom. The first-order valence-corrected chi connectivity index (χ1v) is 11.3. The van der Waals surface area contributed by atoms with Gasteiger partial charge in [0.15, 0.2) is 0 Å².